The van der Waals surface area contributed by atoms with Gasteiger partial charge in [0.05, 0.1) is 0 Å². The minimum absolute atomic E-state index is 0.218. The van der Waals surface area contributed by atoms with Crippen LogP contribution in [0.25, 0.3) is 0 Å². The lowest BCUT2D eigenvalue weighted by atomic mass is 10.0. The highest BCUT2D eigenvalue weighted by Gasteiger charge is 2.12. The van der Waals surface area contributed by atoms with Crippen LogP contribution in [0.15, 0.2) is 12.1 Å². The summed E-state index contributed by atoms with van der Waals surface area (Å²) in [6.07, 6.45) is 0.632. The largest absolute Gasteiger partial charge is 0.507 e. The second-order valence-corrected chi connectivity index (χ2v) is 3.78. The van der Waals surface area contributed by atoms with Gasteiger partial charge in [-0.25, -0.2) is 0 Å². The maximum Gasteiger partial charge on any atom is 0.123 e. The molecular formula is C10H15ClN2O. The van der Waals surface area contributed by atoms with Crippen molar-refractivity contribution in [3.05, 3.63) is 28.3 Å². The van der Waals surface area contributed by atoms with Gasteiger partial charge < -0.3 is 16.6 Å². The molecule has 1 rings (SSSR count). The summed E-state index contributed by atoms with van der Waals surface area (Å²) in [6.45, 7) is 2.28. The van der Waals surface area contributed by atoms with Crippen LogP contribution in [-0.4, -0.2) is 11.7 Å². The van der Waals surface area contributed by atoms with Gasteiger partial charge in [0.1, 0.15) is 5.75 Å². The normalized spacial score (nSPS) is 12.9. The highest BCUT2D eigenvalue weighted by molar-refractivity contribution is 6.30. The Kier molecular flexibility index (Phi) is 3.75. The number of aryl methyl sites for hydroxylation is 1. The van der Waals surface area contributed by atoms with Crippen LogP contribution in [-0.2, 0) is 0 Å². The molecule has 0 aliphatic carbocycles. The molecule has 0 aliphatic heterocycles. The molecule has 0 saturated carbocycles. The Balaban J connectivity index is 3.07. The van der Waals surface area contributed by atoms with E-state index in [-0.39, 0.29) is 11.8 Å². The predicted molar refractivity (Wildman–Crippen MR) is 58.5 cm³/mol. The van der Waals surface area contributed by atoms with Crippen LogP contribution >= 0.6 is 11.6 Å². The third kappa shape index (κ3) is 2.38. The Morgan fingerprint density at radius 1 is 1.50 bits per heavy atom. The number of hydrogen-bond acceptors (Lipinski definition) is 3. The van der Waals surface area contributed by atoms with Crippen LogP contribution in [0.2, 0.25) is 5.02 Å². The van der Waals surface area contributed by atoms with E-state index in [9.17, 15) is 5.11 Å². The van der Waals surface area contributed by atoms with E-state index in [0.29, 0.717) is 23.6 Å². The van der Waals surface area contributed by atoms with E-state index in [1.807, 2.05) is 0 Å². The van der Waals surface area contributed by atoms with Crippen molar-refractivity contribution in [3.63, 3.8) is 0 Å². The Bertz CT molecular complexity index is 328. The van der Waals surface area contributed by atoms with Crippen molar-refractivity contribution in [1.29, 1.82) is 0 Å². The molecule has 4 heteroatoms. The van der Waals surface area contributed by atoms with Crippen molar-refractivity contribution in [2.24, 2.45) is 11.5 Å². The van der Waals surface area contributed by atoms with Crippen LogP contribution in [0.4, 0.5) is 0 Å². The van der Waals surface area contributed by atoms with Gasteiger partial charge in [-0.15, -0.1) is 0 Å². The minimum atomic E-state index is -0.252. The van der Waals surface area contributed by atoms with Crippen molar-refractivity contribution in [1.82, 2.24) is 0 Å². The second-order valence-electron chi connectivity index (χ2n) is 3.34. The molecule has 78 valence electrons. The topological polar surface area (TPSA) is 72.3 Å². The molecule has 0 aliphatic rings. The molecule has 3 nitrogen and oxygen atoms in total. The van der Waals surface area contributed by atoms with Crippen molar-refractivity contribution in [3.8, 4) is 5.75 Å². The number of phenols is 1. The fourth-order valence-corrected chi connectivity index (χ4v) is 1.66. The van der Waals surface area contributed by atoms with Gasteiger partial charge in [0, 0.05) is 16.6 Å². The predicted octanol–water partition coefficient (Wildman–Crippen LogP) is 1.70. The highest BCUT2D eigenvalue weighted by Crippen LogP contribution is 2.31. The molecule has 0 saturated heterocycles. The van der Waals surface area contributed by atoms with Crippen LogP contribution < -0.4 is 11.5 Å². The Morgan fingerprint density at radius 2 is 2.14 bits per heavy atom. The van der Waals surface area contributed by atoms with Crippen molar-refractivity contribution in [2.45, 2.75) is 19.4 Å². The first-order valence-electron chi connectivity index (χ1n) is 4.51. The Labute approximate surface area is 88.7 Å². The average Bonchev–Trinajstić information content (AvgIpc) is 2.11. The fraction of sp³-hybridized carbons (Fsp3) is 0.400. The number of aromatic hydroxyl groups is 1. The lowest BCUT2D eigenvalue weighted by Gasteiger charge is -2.14. The van der Waals surface area contributed by atoms with E-state index < -0.39 is 0 Å². The van der Waals surface area contributed by atoms with E-state index >= 15 is 0 Å². The summed E-state index contributed by atoms with van der Waals surface area (Å²) in [4.78, 5) is 0. The summed E-state index contributed by atoms with van der Waals surface area (Å²) in [5.41, 5.74) is 12.6. The van der Waals surface area contributed by atoms with Crippen LogP contribution in [0.1, 0.15) is 23.6 Å². The SMILES string of the molecule is Cc1cc(Cl)cc([C@@H](N)CCN)c1O. The van der Waals surface area contributed by atoms with Gasteiger partial charge in [-0.05, 0) is 37.6 Å². The van der Waals surface area contributed by atoms with E-state index in [2.05, 4.69) is 0 Å². The number of rotatable bonds is 3. The van der Waals surface area contributed by atoms with Crippen molar-refractivity contribution >= 4 is 11.6 Å². The molecule has 0 aromatic heterocycles. The fourth-order valence-electron chi connectivity index (χ4n) is 1.38. The second kappa shape index (κ2) is 4.64. The molecular weight excluding hydrogens is 200 g/mol. The Morgan fingerprint density at radius 3 is 2.71 bits per heavy atom. The summed E-state index contributed by atoms with van der Waals surface area (Å²) in [5.74, 6) is 0.218. The highest BCUT2D eigenvalue weighted by atomic mass is 35.5. The molecule has 0 radical (unpaired) electrons. The molecule has 14 heavy (non-hydrogen) atoms. The first-order chi connectivity index (χ1) is 6.56. The third-order valence-electron chi connectivity index (χ3n) is 2.17. The molecule has 0 heterocycles. The monoisotopic (exact) mass is 214 g/mol. The van der Waals surface area contributed by atoms with Crippen LogP contribution in [0.3, 0.4) is 0 Å². The molecule has 0 unspecified atom stereocenters. The summed E-state index contributed by atoms with van der Waals surface area (Å²) in [7, 11) is 0. The zero-order chi connectivity index (χ0) is 10.7. The van der Waals surface area contributed by atoms with Crippen molar-refractivity contribution < 1.29 is 5.11 Å². The van der Waals surface area contributed by atoms with E-state index in [1.165, 1.54) is 0 Å². The summed E-state index contributed by atoms with van der Waals surface area (Å²) < 4.78 is 0. The van der Waals surface area contributed by atoms with Crippen molar-refractivity contribution in [2.75, 3.05) is 6.54 Å². The minimum Gasteiger partial charge on any atom is -0.507 e. The number of benzene rings is 1. The van der Waals surface area contributed by atoms with Gasteiger partial charge in [-0.1, -0.05) is 11.6 Å². The average molecular weight is 215 g/mol. The quantitative estimate of drug-likeness (QED) is 0.717. The molecule has 5 N–H and O–H groups in total. The van der Waals surface area contributed by atoms with Gasteiger partial charge in [0.2, 0.25) is 0 Å². The first kappa shape index (κ1) is 11.3. The number of nitrogens with two attached hydrogens (primary N) is 2. The van der Waals surface area contributed by atoms with E-state index in [4.69, 9.17) is 23.1 Å². The van der Waals surface area contributed by atoms with Gasteiger partial charge in [0.25, 0.3) is 0 Å². The van der Waals surface area contributed by atoms with Crippen LogP contribution in [0, 0.1) is 6.92 Å². The lowest BCUT2D eigenvalue weighted by Crippen LogP contribution is -2.15. The zero-order valence-electron chi connectivity index (χ0n) is 8.13. The van der Waals surface area contributed by atoms with Gasteiger partial charge in [-0.2, -0.15) is 0 Å². The maximum atomic E-state index is 9.74. The number of phenolic OH excluding ortho intramolecular Hbond substituents is 1. The van der Waals surface area contributed by atoms with E-state index in [0.717, 1.165) is 5.56 Å². The smallest absolute Gasteiger partial charge is 0.123 e. The molecule has 0 bridgehead atoms. The molecule has 0 fully saturated rings. The number of hydrogen-bond donors (Lipinski definition) is 3. The summed E-state index contributed by atoms with van der Waals surface area (Å²) in [5, 5.41) is 10.3. The summed E-state index contributed by atoms with van der Waals surface area (Å²) >= 11 is 5.87. The maximum absolute atomic E-state index is 9.74. The lowest BCUT2D eigenvalue weighted by molar-refractivity contribution is 0.455. The molecule has 1 atom stereocenters. The summed E-state index contributed by atoms with van der Waals surface area (Å²) in [6, 6.07) is 3.14. The number of halogens is 1. The van der Waals surface area contributed by atoms with Gasteiger partial charge >= 0.3 is 0 Å². The van der Waals surface area contributed by atoms with Gasteiger partial charge in [-0.3, -0.25) is 0 Å². The van der Waals surface area contributed by atoms with Crippen LogP contribution in [0.5, 0.6) is 5.75 Å². The molecule has 0 amide bonds. The third-order valence-corrected chi connectivity index (χ3v) is 2.39. The first-order valence-corrected chi connectivity index (χ1v) is 4.88. The zero-order valence-corrected chi connectivity index (χ0v) is 8.88. The standard InChI is InChI=1S/C10H15ClN2O/c1-6-4-7(11)5-8(10(6)14)9(13)2-3-12/h4-5,9,14H,2-3,12-13H2,1H3/t9-/m0/s1. The Hall–Kier alpha value is -0.770. The molecule has 1 aromatic carbocycles. The van der Waals surface area contributed by atoms with Gasteiger partial charge in [0.15, 0.2) is 0 Å². The molecule has 0 spiro atoms. The van der Waals surface area contributed by atoms with E-state index in [1.54, 1.807) is 19.1 Å². The molecule has 1 aromatic rings.